The number of hydrogen-bond acceptors (Lipinski definition) is 4. The van der Waals surface area contributed by atoms with Gasteiger partial charge in [0, 0.05) is 33.2 Å². The van der Waals surface area contributed by atoms with Crippen LogP contribution in [0.3, 0.4) is 0 Å². The fourth-order valence-electron chi connectivity index (χ4n) is 3.71. The van der Waals surface area contributed by atoms with Crippen molar-refractivity contribution in [1.29, 1.82) is 0 Å². The highest BCUT2D eigenvalue weighted by Gasteiger charge is 2.28. The number of aliphatic imine (C=N–C) groups is 1. The SMILES string of the molecule is CCOC(=O)C1CCCN(C(=NC)NCCn2c(C)nc3ccccc32)C1. The highest BCUT2D eigenvalue weighted by atomic mass is 16.5. The number of imidazole rings is 1. The molecule has 1 N–H and O–H groups in total. The summed E-state index contributed by atoms with van der Waals surface area (Å²) in [6.45, 7) is 7.42. The van der Waals surface area contributed by atoms with Crippen molar-refractivity contribution in [1.82, 2.24) is 19.8 Å². The number of nitrogens with one attached hydrogen (secondary N) is 1. The number of piperidine rings is 1. The average Bonchev–Trinajstić information content (AvgIpc) is 3.01. The normalized spacial score (nSPS) is 18.0. The van der Waals surface area contributed by atoms with Gasteiger partial charge in [0.2, 0.25) is 0 Å². The number of aromatic nitrogens is 2. The molecule has 27 heavy (non-hydrogen) atoms. The highest BCUT2D eigenvalue weighted by molar-refractivity contribution is 5.81. The molecule has 0 saturated carbocycles. The Morgan fingerprint density at radius 2 is 2.22 bits per heavy atom. The molecule has 1 aromatic heterocycles. The number of hydrogen-bond donors (Lipinski definition) is 1. The smallest absolute Gasteiger partial charge is 0.310 e. The van der Waals surface area contributed by atoms with Crippen LogP contribution in [0.25, 0.3) is 11.0 Å². The van der Waals surface area contributed by atoms with E-state index in [0.717, 1.165) is 55.3 Å². The third-order valence-corrected chi connectivity index (χ3v) is 5.02. The van der Waals surface area contributed by atoms with Crippen molar-refractivity contribution in [3.05, 3.63) is 30.1 Å². The molecule has 0 radical (unpaired) electrons. The Morgan fingerprint density at radius 1 is 1.41 bits per heavy atom. The molecule has 0 bridgehead atoms. The van der Waals surface area contributed by atoms with Crippen molar-refractivity contribution in [3.8, 4) is 0 Å². The second-order valence-corrected chi connectivity index (χ2v) is 6.81. The van der Waals surface area contributed by atoms with Gasteiger partial charge in [-0.3, -0.25) is 9.79 Å². The average molecular weight is 371 g/mol. The summed E-state index contributed by atoms with van der Waals surface area (Å²) in [6, 6.07) is 8.18. The van der Waals surface area contributed by atoms with Crippen LogP contribution in [0.4, 0.5) is 0 Å². The number of para-hydroxylation sites is 2. The first-order valence-electron chi connectivity index (χ1n) is 9.68. The third-order valence-electron chi connectivity index (χ3n) is 5.02. The maximum atomic E-state index is 12.1. The molecule has 0 aliphatic carbocycles. The summed E-state index contributed by atoms with van der Waals surface area (Å²) >= 11 is 0. The lowest BCUT2D eigenvalue weighted by Crippen LogP contribution is -2.48. The Bertz CT molecular complexity index is 814. The molecule has 1 atom stereocenters. The zero-order valence-corrected chi connectivity index (χ0v) is 16.4. The molecular formula is C20H29N5O2. The van der Waals surface area contributed by atoms with Crippen molar-refractivity contribution < 1.29 is 9.53 Å². The fraction of sp³-hybridized carbons (Fsp3) is 0.550. The zero-order valence-electron chi connectivity index (χ0n) is 16.4. The van der Waals surface area contributed by atoms with Gasteiger partial charge in [0.25, 0.3) is 0 Å². The molecule has 2 heterocycles. The lowest BCUT2D eigenvalue weighted by Gasteiger charge is -2.34. The Balaban J connectivity index is 1.59. The van der Waals surface area contributed by atoms with E-state index >= 15 is 0 Å². The molecule has 146 valence electrons. The molecule has 1 unspecified atom stereocenters. The van der Waals surface area contributed by atoms with E-state index in [1.165, 1.54) is 0 Å². The summed E-state index contributed by atoms with van der Waals surface area (Å²) < 4.78 is 7.41. The molecule has 0 amide bonds. The number of nitrogens with zero attached hydrogens (tertiary/aromatic N) is 4. The molecular weight excluding hydrogens is 342 g/mol. The number of esters is 1. The lowest BCUT2D eigenvalue weighted by atomic mass is 9.98. The Morgan fingerprint density at radius 3 is 3.00 bits per heavy atom. The molecule has 7 heteroatoms. The first-order chi connectivity index (χ1) is 13.1. The van der Waals surface area contributed by atoms with Crippen LogP contribution < -0.4 is 5.32 Å². The summed E-state index contributed by atoms with van der Waals surface area (Å²) in [6.07, 6.45) is 1.85. The van der Waals surface area contributed by atoms with E-state index in [-0.39, 0.29) is 11.9 Å². The number of fused-ring (bicyclic) bond motifs is 1. The predicted octanol–water partition coefficient (Wildman–Crippen LogP) is 2.20. The number of rotatable bonds is 5. The standard InChI is InChI=1S/C20H29N5O2/c1-4-27-19(26)16-8-7-12-24(14-16)20(21-3)22-11-13-25-15(2)23-17-9-5-6-10-18(17)25/h5-6,9-10,16H,4,7-8,11-14H2,1-3H3,(H,21,22). The topological polar surface area (TPSA) is 71.8 Å². The van der Waals surface area contributed by atoms with Crippen LogP contribution in [0, 0.1) is 12.8 Å². The van der Waals surface area contributed by atoms with Crippen LogP contribution in [0.2, 0.25) is 0 Å². The van der Waals surface area contributed by atoms with E-state index in [1.807, 2.05) is 32.0 Å². The Kier molecular flexibility index (Phi) is 6.32. The van der Waals surface area contributed by atoms with E-state index in [0.29, 0.717) is 13.2 Å². The van der Waals surface area contributed by atoms with Gasteiger partial charge >= 0.3 is 5.97 Å². The highest BCUT2D eigenvalue weighted by Crippen LogP contribution is 2.18. The largest absolute Gasteiger partial charge is 0.466 e. The van der Waals surface area contributed by atoms with Crippen LogP contribution in [0.5, 0.6) is 0 Å². The van der Waals surface area contributed by atoms with Gasteiger partial charge in [0.05, 0.1) is 23.6 Å². The third kappa shape index (κ3) is 4.40. The van der Waals surface area contributed by atoms with Crippen molar-refractivity contribution in [2.24, 2.45) is 10.9 Å². The quantitative estimate of drug-likeness (QED) is 0.496. The maximum absolute atomic E-state index is 12.1. The molecule has 0 spiro atoms. The number of aryl methyl sites for hydroxylation is 1. The molecule has 1 aliphatic heterocycles. The molecule has 1 saturated heterocycles. The minimum atomic E-state index is -0.0989. The lowest BCUT2D eigenvalue weighted by molar-refractivity contribution is -0.149. The van der Waals surface area contributed by atoms with E-state index in [2.05, 4.69) is 30.8 Å². The monoisotopic (exact) mass is 371 g/mol. The zero-order chi connectivity index (χ0) is 19.2. The van der Waals surface area contributed by atoms with Crippen molar-refractivity contribution in [2.75, 3.05) is 33.3 Å². The molecule has 2 aromatic rings. The van der Waals surface area contributed by atoms with Crippen LogP contribution >= 0.6 is 0 Å². The molecule has 1 fully saturated rings. The molecule has 1 aliphatic rings. The summed E-state index contributed by atoms with van der Waals surface area (Å²) in [5, 5.41) is 3.44. The van der Waals surface area contributed by atoms with Crippen molar-refractivity contribution in [3.63, 3.8) is 0 Å². The van der Waals surface area contributed by atoms with Gasteiger partial charge in [-0.2, -0.15) is 0 Å². The van der Waals surface area contributed by atoms with Crippen LogP contribution in [-0.2, 0) is 16.1 Å². The Hall–Kier alpha value is -2.57. The van der Waals surface area contributed by atoms with Crippen molar-refractivity contribution >= 4 is 23.0 Å². The van der Waals surface area contributed by atoms with Gasteiger partial charge in [-0.25, -0.2) is 4.98 Å². The van der Waals surface area contributed by atoms with E-state index in [4.69, 9.17) is 4.74 Å². The minimum absolute atomic E-state index is 0.0721. The number of benzene rings is 1. The fourth-order valence-corrected chi connectivity index (χ4v) is 3.71. The molecule has 1 aromatic carbocycles. The number of carbonyl (C=O) groups excluding carboxylic acids is 1. The first kappa shape index (κ1) is 19.2. The van der Waals surface area contributed by atoms with Gasteiger partial charge in [-0.05, 0) is 38.8 Å². The first-order valence-corrected chi connectivity index (χ1v) is 9.68. The van der Waals surface area contributed by atoms with Crippen LogP contribution in [0.15, 0.2) is 29.3 Å². The van der Waals surface area contributed by atoms with Crippen molar-refractivity contribution in [2.45, 2.75) is 33.2 Å². The maximum Gasteiger partial charge on any atom is 0.310 e. The number of guanidine groups is 1. The number of carbonyl (C=O) groups is 1. The van der Waals surface area contributed by atoms with Gasteiger partial charge in [0.15, 0.2) is 5.96 Å². The Labute approximate surface area is 160 Å². The van der Waals surface area contributed by atoms with E-state index in [1.54, 1.807) is 7.05 Å². The summed E-state index contributed by atoms with van der Waals surface area (Å²) in [5.74, 6) is 1.68. The van der Waals surface area contributed by atoms with Gasteiger partial charge < -0.3 is 19.5 Å². The van der Waals surface area contributed by atoms with Crippen LogP contribution in [-0.4, -0.2) is 59.7 Å². The van der Waals surface area contributed by atoms with E-state index < -0.39 is 0 Å². The summed E-state index contributed by atoms with van der Waals surface area (Å²) in [7, 11) is 1.79. The van der Waals surface area contributed by atoms with Crippen LogP contribution in [0.1, 0.15) is 25.6 Å². The molecule has 3 rings (SSSR count). The summed E-state index contributed by atoms with van der Waals surface area (Å²) in [4.78, 5) is 23.2. The predicted molar refractivity (Wildman–Crippen MR) is 107 cm³/mol. The second kappa shape index (κ2) is 8.88. The number of ether oxygens (including phenoxy) is 1. The van der Waals surface area contributed by atoms with E-state index in [9.17, 15) is 4.79 Å². The summed E-state index contributed by atoms with van der Waals surface area (Å²) in [5.41, 5.74) is 2.17. The van der Waals surface area contributed by atoms with Gasteiger partial charge in [-0.15, -0.1) is 0 Å². The van der Waals surface area contributed by atoms with Gasteiger partial charge in [0.1, 0.15) is 5.82 Å². The second-order valence-electron chi connectivity index (χ2n) is 6.81. The molecule has 7 nitrogen and oxygen atoms in total. The minimum Gasteiger partial charge on any atom is -0.466 e. The number of likely N-dealkylation sites (tertiary alicyclic amines) is 1. The van der Waals surface area contributed by atoms with Gasteiger partial charge in [-0.1, -0.05) is 12.1 Å².